The average Bonchev–Trinajstić information content (AvgIpc) is 2.76. The number of aliphatic hydroxyl groups is 2. The van der Waals surface area contributed by atoms with Gasteiger partial charge < -0.3 is 36.2 Å². The molecule has 0 aliphatic carbocycles. The number of carboxylic acids is 2. The minimum absolute atomic E-state index is 0. The van der Waals surface area contributed by atoms with Gasteiger partial charge in [0.1, 0.15) is 0 Å². The van der Waals surface area contributed by atoms with Crippen LogP contribution in [0, 0.1) is 0 Å². The molecular formula is C7H12N2O6PtS. The van der Waals surface area contributed by atoms with Crippen LogP contribution in [0.1, 0.15) is 0 Å². The second-order valence-corrected chi connectivity index (χ2v) is 2.49. The molecule has 0 spiro atoms. The molecule has 0 bridgehead atoms. The minimum atomic E-state index is -1.44. The molecule has 0 radical (unpaired) electrons. The third-order valence-corrected chi connectivity index (χ3v) is 1.13. The fraction of sp³-hybridized carbons (Fsp3) is 0.286. The van der Waals surface area contributed by atoms with Gasteiger partial charge in [0.25, 0.3) is 0 Å². The standard InChI is InChI=1S/C3H3NS.2C2H4O3.H3N.Pt/c1-2-5-3-4-1;2*3-1-2(4)5;;/h1-3H;2*3H,1H2,(H,4,5);1H3;/q;;;;+2/p-2. The molecule has 1 aromatic rings. The first-order valence-electron chi connectivity index (χ1n) is 3.48. The zero-order chi connectivity index (χ0) is 12.1. The molecular weight excluding hydrogens is 435 g/mol. The maximum Gasteiger partial charge on any atom is 2.00 e. The van der Waals surface area contributed by atoms with Crippen molar-refractivity contribution in [3.05, 3.63) is 17.1 Å². The van der Waals surface area contributed by atoms with Gasteiger partial charge in [-0.05, 0) is 0 Å². The Morgan fingerprint density at radius 2 is 1.53 bits per heavy atom. The number of aliphatic hydroxyl groups excluding tert-OH is 2. The van der Waals surface area contributed by atoms with Gasteiger partial charge in [-0.2, -0.15) is 0 Å². The van der Waals surface area contributed by atoms with Gasteiger partial charge in [-0.1, -0.05) is 0 Å². The van der Waals surface area contributed by atoms with Gasteiger partial charge in [-0.15, -0.1) is 11.3 Å². The Kier molecular flexibility index (Phi) is 30.3. The molecule has 8 nitrogen and oxygen atoms in total. The second kappa shape index (κ2) is 20.5. The molecule has 0 fully saturated rings. The van der Waals surface area contributed by atoms with Crippen LogP contribution < -0.4 is 16.4 Å². The van der Waals surface area contributed by atoms with Gasteiger partial charge in [0.05, 0.1) is 30.7 Å². The van der Waals surface area contributed by atoms with Crippen LogP contribution in [0.15, 0.2) is 17.1 Å². The number of carboxylic acid groups (broad SMARTS) is 2. The average molecular weight is 447 g/mol. The molecule has 1 heterocycles. The molecule has 1 aromatic heterocycles. The molecule has 0 aliphatic rings. The molecule has 0 aromatic carbocycles. The van der Waals surface area contributed by atoms with Crippen molar-refractivity contribution in [2.75, 3.05) is 13.2 Å². The molecule has 1 rings (SSSR count). The summed E-state index contributed by atoms with van der Waals surface area (Å²) >= 11 is 1.60. The molecule has 0 saturated carbocycles. The molecule has 17 heavy (non-hydrogen) atoms. The van der Waals surface area contributed by atoms with Crippen LogP contribution in [0.25, 0.3) is 0 Å². The fourth-order valence-corrected chi connectivity index (χ4v) is 0.527. The molecule has 102 valence electrons. The number of thiazole rings is 1. The number of carbonyl (C=O) groups is 2. The van der Waals surface area contributed by atoms with E-state index in [1.807, 2.05) is 5.38 Å². The Bertz CT molecular complexity index is 228. The zero-order valence-corrected chi connectivity index (χ0v) is 11.6. The summed E-state index contributed by atoms with van der Waals surface area (Å²) in [6.45, 7) is -1.78. The maximum absolute atomic E-state index is 9.01. The van der Waals surface area contributed by atoms with Crippen LogP contribution in [0.3, 0.4) is 0 Å². The quantitative estimate of drug-likeness (QED) is 0.425. The van der Waals surface area contributed by atoms with Gasteiger partial charge >= 0.3 is 21.1 Å². The predicted octanol–water partition coefficient (Wildman–Crippen LogP) is -3.24. The fourth-order valence-electron chi connectivity index (χ4n) is 0.176. The number of carbonyl (C=O) groups excluding carboxylic acids is 2. The first-order chi connectivity index (χ1) is 7.04. The van der Waals surface area contributed by atoms with Crippen LogP contribution in [-0.2, 0) is 30.7 Å². The minimum Gasteiger partial charge on any atom is -0.548 e. The first kappa shape index (κ1) is 25.1. The third kappa shape index (κ3) is 39.5. The van der Waals surface area contributed by atoms with Crippen molar-refractivity contribution < 1.29 is 51.1 Å². The Morgan fingerprint density at radius 1 is 1.18 bits per heavy atom. The topological polar surface area (TPSA) is 169 Å². The van der Waals surface area contributed by atoms with E-state index in [1.54, 1.807) is 23.0 Å². The normalized spacial score (nSPS) is 6.71. The monoisotopic (exact) mass is 447 g/mol. The van der Waals surface area contributed by atoms with E-state index in [9.17, 15) is 0 Å². The number of rotatable bonds is 2. The molecule has 0 unspecified atom stereocenters. The zero-order valence-electron chi connectivity index (χ0n) is 8.55. The Morgan fingerprint density at radius 3 is 1.59 bits per heavy atom. The van der Waals surface area contributed by atoms with Gasteiger partial charge in [-0.3, -0.25) is 4.98 Å². The van der Waals surface area contributed by atoms with E-state index in [4.69, 9.17) is 30.0 Å². The van der Waals surface area contributed by atoms with Crippen molar-refractivity contribution in [3.8, 4) is 0 Å². The third-order valence-electron chi connectivity index (χ3n) is 0.605. The van der Waals surface area contributed by atoms with Crippen LogP contribution in [0.5, 0.6) is 0 Å². The Labute approximate surface area is 116 Å². The number of hydrogen-bond donors (Lipinski definition) is 3. The van der Waals surface area contributed by atoms with Crippen LogP contribution in [0.2, 0.25) is 0 Å². The van der Waals surface area contributed by atoms with Crippen LogP contribution in [-0.4, -0.2) is 40.3 Å². The Hall–Kier alpha value is -0.862. The van der Waals surface area contributed by atoms with Gasteiger partial charge in [0.2, 0.25) is 0 Å². The van der Waals surface area contributed by atoms with E-state index in [0.29, 0.717) is 0 Å². The summed E-state index contributed by atoms with van der Waals surface area (Å²) in [5, 5.41) is 34.9. The summed E-state index contributed by atoms with van der Waals surface area (Å²) in [4.78, 5) is 21.8. The van der Waals surface area contributed by atoms with Gasteiger partial charge in [0, 0.05) is 11.6 Å². The summed E-state index contributed by atoms with van der Waals surface area (Å²) < 4.78 is 0. The van der Waals surface area contributed by atoms with Gasteiger partial charge in [0.15, 0.2) is 0 Å². The molecule has 0 aliphatic heterocycles. The predicted molar refractivity (Wildman–Crippen MR) is 51.3 cm³/mol. The van der Waals surface area contributed by atoms with E-state index in [0.717, 1.165) is 0 Å². The van der Waals surface area contributed by atoms with Crippen molar-refractivity contribution in [2.45, 2.75) is 0 Å². The molecule has 0 atom stereocenters. The smallest absolute Gasteiger partial charge is 0.548 e. The summed E-state index contributed by atoms with van der Waals surface area (Å²) in [5.74, 6) is -2.88. The van der Waals surface area contributed by atoms with Crippen molar-refractivity contribution in [2.24, 2.45) is 0 Å². The van der Waals surface area contributed by atoms with E-state index < -0.39 is 25.2 Å². The number of aromatic nitrogens is 1. The maximum atomic E-state index is 9.01. The SMILES string of the molecule is N.O=C([O-])CO.O=C([O-])CO.[Pt+2].c1cscn1. The van der Waals surface area contributed by atoms with E-state index in [-0.39, 0.29) is 27.2 Å². The Balaban J connectivity index is -0.0000000704. The first-order valence-corrected chi connectivity index (χ1v) is 4.42. The molecule has 0 saturated heterocycles. The van der Waals surface area contributed by atoms with Crippen molar-refractivity contribution in [3.63, 3.8) is 0 Å². The van der Waals surface area contributed by atoms with Crippen LogP contribution >= 0.6 is 11.3 Å². The van der Waals surface area contributed by atoms with E-state index in [2.05, 4.69) is 4.98 Å². The van der Waals surface area contributed by atoms with Crippen LogP contribution in [0.4, 0.5) is 0 Å². The van der Waals surface area contributed by atoms with Crippen molar-refractivity contribution in [1.29, 1.82) is 0 Å². The largest absolute Gasteiger partial charge is 2.00 e. The number of hydrogen-bond acceptors (Lipinski definition) is 9. The number of aliphatic carboxylic acids is 2. The van der Waals surface area contributed by atoms with Gasteiger partial charge in [-0.25, -0.2) is 0 Å². The summed E-state index contributed by atoms with van der Waals surface area (Å²) in [6, 6.07) is 0. The van der Waals surface area contributed by atoms with E-state index in [1.165, 1.54) is 0 Å². The van der Waals surface area contributed by atoms with E-state index >= 15 is 0 Å². The van der Waals surface area contributed by atoms with Crippen molar-refractivity contribution >= 4 is 23.3 Å². The molecule has 0 amide bonds. The van der Waals surface area contributed by atoms with Crippen molar-refractivity contribution in [1.82, 2.24) is 11.1 Å². The summed E-state index contributed by atoms with van der Waals surface area (Å²) in [5.41, 5.74) is 1.79. The summed E-state index contributed by atoms with van der Waals surface area (Å²) in [6.07, 6.45) is 1.77. The number of nitrogens with zero attached hydrogens (tertiary/aromatic N) is 1. The summed E-state index contributed by atoms with van der Waals surface area (Å²) in [7, 11) is 0. The molecule has 10 heteroatoms. The molecule has 5 N–H and O–H groups in total. The second-order valence-electron chi connectivity index (χ2n) is 1.74.